The number of nitrogens with two attached hydrogens (primary N) is 1. The maximum Gasteiger partial charge on any atom is 0.332 e. The van der Waals surface area contributed by atoms with Gasteiger partial charge in [-0.2, -0.15) is 0 Å². The molecule has 5 N–H and O–H groups in total. The molecule has 0 atom stereocenters. The Bertz CT molecular complexity index is 341. The number of carboxylic acids is 1. The number of carbonyl (C=O) groups is 2. The van der Waals surface area contributed by atoms with E-state index in [1.807, 2.05) is 0 Å². The molecule has 0 amide bonds. The highest BCUT2D eigenvalue weighted by Gasteiger charge is 2.50. The van der Waals surface area contributed by atoms with Crippen LogP contribution < -0.4 is 5.73 Å². The summed E-state index contributed by atoms with van der Waals surface area (Å²) < 4.78 is 10.5. The summed E-state index contributed by atoms with van der Waals surface area (Å²) in [5.41, 5.74) is 3.98. The van der Waals surface area contributed by atoms with Gasteiger partial charge in [0.1, 0.15) is 17.5 Å². The van der Waals surface area contributed by atoms with Crippen molar-refractivity contribution < 1.29 is 29.0 Å². The predicted octanol–water partition coefficient (Wildman–Crippen LogP) is -1.07. The molecular weight excluding hydrogens is 225 g/mol. The van der Waals surface area contributed by atoms with Crippen molar-refractivity contribution in [2.45, 2.75) is 18.4 Å². The second-order valence-corrected chi connectivity index (χ2v) is 5.50. The Balaban J connectivity index is 2.49. The van der Waals surface area contributed by atoms with E-state index in [1.54, 1.807) is 0 Å². The van der Waals surface area contributed by atoms with Gasteiger partial charge in [0, 0.05) is 5.92 Å². The van der Waals surface area contributed by atoms with Crippen molar-refractivity contribution in [3.8, 4) is 0 Å². The summed E-state index contributed by atoms with van der Waals surface area (Å²) in [5.74, 6) is -2.45. The van der Waals surface area contributed by atoms with Crippen LogP contribution in [0.1, 0.15) is 12.8 Å². The standard InChI is InChI=1S/C7H12NO6P/c8-7(6(10)11)1-4(2-7)5(9)3-15(12,13)14/h4H,1-3,8H2,(H,10,11)(H2,12,13,14)/t4-,7-. The molecule has 8 heteroatoms. The normalized spacial score (nSPS) is 30.7. The van der Waals surface area contributed by atoms with E-state index in [2.05, 4.69) is 0 Å². The van der Waals surface area contributed by atoms with Crippen molar-refractivity contribution in [1.82, 2.24) is 0 Å². The molecule has 1 saturated carbocycles. The Hall–Kier alpha value is -0.750. The van der Waals surface area contributed by atoms with Gasteiger partial charge in [0.25, 0.3) is 0 Å². The molecule has 0 unspecified atom stereocenters. The van der Waals surface area contributed by atoms with Crippen molar-refractivity contribution in [2.75, 3.05) is 6.16 Å². The van der Waals surface area contributed by atoms with Gasteiger partial charge >= 0.3 is 13.6 Å². The van der Waals surface area contributed by atoms with Crippen LogP contribution in [-0.2, 0) is 14.2 Å². The van der Waals surface area contributed by atoms with Crippen LogP contribution in [0, 0.1) is 5.92 Å². The minimum absolute atomic E-state index is 0.0544. The molecule has 7 nitrogen and oxygen atoms in total. The molecule has 86 valence electrons. The van der Waals surface area contributed by atoms with Crippen molar-refractivity contribution in [1.29, 1.82) is 0 Å². The quantitative estimate of drug-likeness (QED) is 0.456. The Kier molecular flexibility index (Phi) is 3.02. The molecule has 0 aromatic carbocycles. The van der Waals surface area contributed by atoms with Gasteiger partial charge in [0.15, 0.2) is 0 Å². The van der Waals surface area contributed by atoms with Gasteiger partial charge in [-0.05, 0) is 12.8 Å². The number of rotatable bonds is 4. The second kappa shape index (κ2) is 3.68. The summed E-state index contributed by atoms with van der Waals surface area (Å²) in [6, 6.07) is 0. The van der Waals surface area contributed by atoms with Crippen LogP contribution in [-0.4, -0.2) is 38.3 Å². The summed E-state index contributed by atoms with van der Waals surface area (Å²) in [7, 11) is -4.36. The fourth-order valence-electron chi connectivity index (χ4n) is 1.55. The Morgan fingerprint density at radius 2 is 1.87 bits per heavy atom. The molecule has 0 aromatic rings. The van der Waals surface area contributed by atoms with Crippen molar-refractivity contribution in [3.05, 3.63) is 0 Å². The van der Waals surface area contributed by atoms with Crippen LogP contribution in [0.5, 0.6) is 0 Å². The zero-order valence-corrected chi connectivity index (χ0v) is 8.68. The summed E-state index contributed by atoms with van der Waals surface area (Å²) in [5, 5.41) is 8.63. The topological polar surface area (TPSA) is 138 Å². The van der Waals surface area contributed by atoms with Gasteiger partial charge in [0.2, 0.25) is 0 Å². The van der Waals surface area contributed by atoms with Gasteiger partial charge in [-0.15, -0.1) is 0 Å². The van der Waals surface area contributed by atoms with Gasteiger partial charge in [-0.1, -0.05) is 0 Å². The SMILES string of the molecule is N[C@]1(C(=O)O)C[C@@H](C(=O)CP(=O)(O)O)C1. The smallest absolute Gasteiger partial charge is 0.332 e. The number of hydrogen-bond acceptors (Lipinski definition) is 4. The number of aliphatic carboxylic acids is 1. The number of carbonyl (C=O) groups excluding carboxylic acids is 1. The third-order valence-corrected chi connectivity index (χ3v) is 3.19. The highest BCUT2D eigenvalue weighted by atomic mass is 31.2. The highest BCUT2D eigenvalue weighted by Crippen LogP contribution is 2.41. The summed E-state index contributed by atoms with van der Waals surface area (Å²) in [6.07, 6.45) is -0.949. The molecule has 0 heterocycles. The van der Waals surface area contributed by atoms with E-state index in [1.165, 1.54) is 0 Å². The molecule has 0 aromatic heterocycles. The molecule has 0 spiro atoms. The largest absolute Gasteiger partial charge is 0.480 e. The third kappa shape index (κ3) is 2.85. The molecule has 0 bridgehead atoms. The van der Waals surface area contributed by atoms with Crippen LogP contribution >= 0.6 is 7.60 Å². The van der Waals surface area contributed by atoms with Gasteiger partial charge in [-0.3, -0.25) is 14.2 Å². The van der Waals surface area contributed by atoms with E-state index in [4.69, 9.17) is 20.6 Å². The predicted molar refractivity (Wildman–Crippen MR) is 49.2 cm³/mol. The van der Waals surface area contributed by atoms with Crippen LogP contribution in [0.4, 0.5) is 0 Å². The van der Waals surface area contributed by atoms with E-state index in [0.29, 0.717) is 0 Å². The zero-order valence-electron chi connectivity index (χ0n) is 7.79. The lowest BCUT2D eigenvalue weighted by Gasteiger charge is -2.40. The molecule has 1 fully saturated rings. The van der Waals surface area contributed by atoms with Gasteiger partial charge in [0.05, 0.1) is 0 Å². The molecule has 1 rings (SSSR count). The number of Topliss-reactive ketones (excluding diaryl/α,β-unsaturated/α-hetero) is 1. The molecule has 0 radical (unpaired) electrons. The van der Waals surface area contributed by atoms with Crippen LogP contribution in [0.2, 0.25) is 0 Å². The Labute approximate surface area is 85.4 Å². The van der Waals surface area contributed by atoms with Crippen LogP contribution in [0.25, 0.3) is 0 Å². The van der Waals surface area contributed by atoms with Crippen LogP contribution in [0.3, 0.4) is 0 Å². The van der Waals surface area contributed by atoms with E-state index < -0.39 is 37.0 Å². The average Bonchev–Trinajstić information content (AvgIpc) is 1.94. The van der Waals surface area contributed by atoms with Crippen LogP contribution in [0.15, 0.2) is 0 Å². The summed E-state index contributed by atoms with van der Waals surface area (Å²) >= 11 is 0. The Morgan fingerprint density at radius 1 is 1.40 bits per heavy atom. The lowest BCUT2D eigenvalue weighted by atomic mass is 9.67. The maximum atomic E-state index is 11.2. The van der Waals surface area contributed by atoms with E-state index >= 15 is 0 Å². The molecular formula is C7H12NO6P. The Morgan fingerprint density at radius 3 is 2.20 bits per heavy atom. The molecule has 0 saturated heterocycles. The number of carboxylic acid groups (broad SMARTS) is 1. The first-order valence-corrected chi connectivity index (χ1v) is 6.03. The minimum atomic E-state index is -4.36. The van der Waals surface area contributed by atoms with E-state index in [0.717, 1.165) is 0 Å². The highest BCUT2D eigenvalue weighted by molar-refractivity contribution is 7.52. The van der Waals surface area contributed by atoms with E-state index in [-0.39, 0.29) is 12.8 Å². The van der Waals surface area contributed by atoms with Crippen molar-refractivity contribution in [2.24, 2.45) is 11.7 Å². The minimum Gasteiger partial charge on any atom is -0.480 e. The second-order valence-electron chi connectivity index (χ2n) is 3.86. The molecule has 0 aliphatic heterocycles. The molecule has 1 aliphatic rings. The fraction of sp³-hybridized carbons (Fsp3) is 0.714. The molecule has 1 aliphatic carbocycles. The first-order chi connectivity index (χ1) is 6.64. The van der Waals surface area contributed by atoms with Gasteiger partial charge < -0.3 is 20.6 Å². The average molecular weight is 237 g/mol. The third-order valence-electron chi connectivity index (χ3n) is 2.46. The number of ketones is 1. The maximum absolute atomic E-state index is 11.2. The summed E-state index contributed by atoms with van der Waals surface area (Å²) in [4.78, 5) is 38.9. The van der Waals surface area contributed by atoms with Crippen molar-refractivity contribution >= 4 is 19.3 Å². The van der Waals surface area contributed by atoms with E-state index in [9.17, 15) is 14.2 Å². The first kappa shape index (κ1) is 12.3. The fourth-order valence-corrected chi connectivity index (χ4v) is 2.22. The van der Waals surface area contributed by atoms with Gasteiger partial charge in [-0.25, -0.2) is 0 Å². The lowest BCUT2D eigenvalue weighted by molar-refractivity contribution is -0.150. The lowest BCUT2D eigenvalue weighted by Crippen LogP contribution is -2.59. The molecule has 15 heavy (non-hydrogen) atoms. The first-order valence-electron chi connectivity index (χ1n) is 4.24. The zero-order chi connectivity index (χ0) is 11.9. The summed E-state index contributed by atoms with van der Waals surface area (Å²) in [6.45, 7) is 0. The van der Waals surface area contributed by atoms with Crippen molar-refractivity contribution in [3.63, 3.8) is 0 Å². The monoisotopic (exact) mass is 237 g/mol. The number of hydrogen-bond donors (Lipinski definition) is 4.